The predicted octanol–water partition coefficient (Wildman–Crippen LogP) is 1.99. The minimum Gasteiger partial charge on any atom is -0.370 e. The van der Waals surface area contributed by atoms with Crippen LogP contribution >= 0.6 is 0 Å². The summed E-state index contributed by atoms with van der Waals surface area (Å²) in [7, 11) is 4.22. The van der Waals surface area contributed by atoms with Crippen molar-refractivity contribution < 1.29 is 0 Å². The maximum absolute atomic E-state index is 4.59. The van der Waals surface area contributed by atoms with Crippen molar-refractivity contribution in [3.63, 3.8) is 0 Å². The van der Waals surface area contributed by atoms with E-state index in [4.69, 9.17) is 0 Å². The van der Waals surface area contributed by atoms with Crippen molar-refractivity contribution in [2.24, 2.45) is 0 Å². The van der Waals surface area contributed by atoms with Crippen LogP contribution in [0.3, 0.4) is 0 Å². The number of aryl methyl sites for hydroxylation is 1. The highest BCUT2D eigenvalue weighted by Crippen LogP contribution is 2.08. The van der Waals surface area contributed by atoms with Crippen molar-refractivity contribution in [2.75, 3.05) is 45.6 Å². The van der Waals surface area contributed by atoms with E-state index in [0.29, 0.717) is 0 Å². The molecule has 1 aromatic rings. The van der Waals surface area contributed by atoms with Crippen molar-refractivity contribution in [1.82, 2.24) is 19.8 Å². The zero-order valence-corrected chi connectivity index (χ0v) is 13.6. The van der Waals surface area contributed by atoms with Crippen LogP contribution in [0.15, 0.2) is 6.07 Å². The third-order valence-corrected chi connectivity index (χ3v) is 3.03. The lowest BCUT2D eigenvalue weighted by Crippen LogP contribution is -2.32. The van der Waals surface area contributed by atoms with Gasteiger partial charge in [0, 0.05) is 31.4 Å². The molecule has 5 nitrogen and oxygen atoms in total. The Bertz CT molecular complexity index is 392. The van der Waals surface area contributed by atoms with Crippen LogP contribution in [0.1, 0.15) is 31.8 Å². The molecule has 5 heteroatoms. The molecule has 0 amide bonds. The van der Waals surface area contributed by atoms with Gasteiger partial charge in [0.25, 0.3) is 0 Å². The lowest BCUT2D eigenvalue weighted by molar-refractivity contribution is 0.229. The van der Waals surface area contributed by atoms with Gasteiger partial charge in [0.1, 0.15) is 11.6 Å². The second-order valence-electron chi connectivity index (χ2n) is 5.42. The van der Waals surface area contributed by atoms with Gasteiger partial charge in [0.15, 0.2) is 0 Å². The van der Waals surface area contributed by atoms with E-state index in [2.05, 4.69) is 53.0 Å². The van der Waals surface area contributed by atoms with E-state index in [1.54, 1.807) is 0 Å². The van der Waals surface area contributed by atoms with Gasteiger partial charge >= 0.3 is 0 Å². The molecule has 1 heterocycles. The molecule has 0 bridgehead atoms. The highest BCUT2D eigenvalue weighted by Gasteiger charge is 2.09. The van der Waals surface area contributed by atoms with Gasteiger partial charge < -0.3 is 10.2 Å². The summed E-state index contributed by atoms with van der Waals surface area (Å²) in [5.74, 6) is 1.84. The van der Waals surface area contributed by atoms with Crippen LogP contribution in [-0.4, -0.2) is 60.0 Å². The van der Waals surface area contributed by atoms with Crippen LogP contribution in [0.25, 0.3) is 0 Å². The Morgan fingerprint density at radius 2 is 1.85 bits per heavy atom. The average molecular weight is 279 g/mol. The Kier molecular flexibility index (Phi) is 7.47. The van der Waals surface area contributed by atoms with E-state index in [0.717, 1.165) is 56.5 Å². The Labute approximate surface area is 123 Å². The molecule has 0 spiro atoms. The van der Waals surface area contributed by atoms with Crippen molar-refractivity contribution in [1.29, 1.82) is 0 Å². The van der Waals surface area contributed by atoms with Crippen LogP contribution in [0.4, 0.5) is 5.82 Å². The predicted molar refractivity (Wildman–Crippen MR) is 85.1 cm³/mol. The van der Waals surface area contributed by atoms with Crippen LogP contribution in [0.5, 0.6) is 0 Å². The fourth-order valence-corrected chi connectivity index (χ4v) is 2.10. The quantitative estimate of drug-likeness (QED) is 0.749. The Morgan fingerprint density at radius 1 is 1.10 bits per heavy atom. The summed E-state index contributed by atoms with van der Waals surface area (Å²) in [6.07, 6.45) is 1.15. The van der Waals surface area contributed by atoms with Gasteiger partial charge in [-0.05, 0) is 40.9 Å². The summed E-state index contributed by atoms with van der Waals surface area (Å²) in [4.78, 5) is 13.8. The first kappa shape index (κ1) is 16.9. The standard InChI is InChI=1S/C15H29N5/c1-6-8-20(10-9-19(4)5)12-15-17-13(3)11-14(18-15)16-7-2/h11H,6-10,12H2,1-5H3,(H,16,17,18). The minimum absolute atomic E-state index is 0.821. The molecule has 0 unspecified atom stereocenters. The molecule has 0 radical (unpaired) electrons. The second kappa shape index (κ2) is 8.87. The van der Waals surface area contributed by atoms with Crippen LogP contribution in [0.2, 0.25) is 0 Å². The summed E-state index contributed by atoms with van der Waals surface area (Å²) in [6.45, 7) is 11.2. The number of anilines is 1. The molecule has 1 aromatic heterocycles. The van der Waals surface area contributed by atoms with Crippen molar-refractivity contribution >= 4 is 5.82 Å². The van der Waals surface area contributed by atoms with E-state index in [1.165, 1.54) is 0 Å². The van der Waals surface area contributed by atoms with Crippen LogP contribution in [-0.2, 0) is 6.54 Å². The monoisotopic (exact) mass is 279 g/mol. The first-order chi connectivity index (χ1) is 9.55. The van der Waals surface area contributed by atoms with Crippen LogP contribution in [0, 0.1) is 6.92 Å². The highest BCUT2D eigenvalue weighted by molar-refractivity contribution is 5.35. The number of aromatic nitrogens is 2. The van der Waals surface area contributed by atoms with Crippen LogP contribution < -0.4 is 5.32 Å². The lowest BCUT2D eigenvalue weighted by atomic mass is 10.3. The number of nitrogens with one attached hydrogen (secondary N) is 1. The number of likely N-dealkylation sites (N-methyl/N-ethyl adjacent to an activating group) is 1. The molecule has 20 heavy (non-hydrogen) atoms. The molecular formula is C15H29N5. The van der Waals surface area contributed by atoms with Gasteiger partial charge in [0.05, 0.1) is 6.54 Å². The number of hydrogen-bond donors (Lipinski definition) is 1. The molecular weight excluding hydrogens is 250 g/mol. The Morgan fingerprint density at radius 3 is 2.45 bits per heavy atom. The molecule has 0 aliphatic carbocycles. The van der Waals surface area contributed by atoms with Gasteiger partial charge in [-0.15, -0.1) is 0 Å². The van der Waals surface area contributed by atoms with Crippen molar-refractivity contribution in [3.8, 4) is 0 Å². The number of rotatable bonds is 9. The van der Waals surface area contributed by atoms with Gasteiger partial charge in [-0.1, -0.05) is 6.92 Å². The molecule has 0 fully saturated rings. The fraction of sp³-hybridized carbons (Fsp3) is 0.733. The van der Waals surface area contributed by atoms with Gasteiger partial charge in [0.2, 0.25) is 0 Å². The normalized spacial score (nSPS) is 11.3. The summed E-state index contributed by atoms with van der Waals surface area (Å²) in [5, 5.41) is 3.27. The zero-order chi connectivity index (χ0) is 15.0. The molecule has 0 saturated heterocycles. The molecule has 114 valence electrons. The molecule has 0 saturated carbocycles. The lowest BCUT2D eigenvalue weighted by Gasteiger charge is -2.23. The molecule has 0 atom stereocenters. The van der Waals surface area contributed by atoms with E-state index in [-0.39, 0.29) is 0 Å². The molecule has 0 aromatic carbocycles. The van der Waals surface area contributed by atoms with Gasteiger partial charge in [-0.25, -0.2) is 9.97 Å². The molecule has 1 N–H and O–H groups in total. The van der Waals surface area contributed by atoms with Gasteiger partial charge in [-0.3, -0.25) is 4.90 Å². The summed E-state index contributed by atoms with van der Waals surface area (Å²) < 4.78 is 0. The van der Waals surface area contributed by atoms with Gasteiger partial charge in [-0.2, -0.15) is 0 Å². The van der Waals surface area contributed by atoms with Crippen molar-refractivity contribution in [3.05, 3.63) is 17.6 Å². The summed E-state index contributed by atoms with van der Waals surface area (Å²) >= 11 is 0. The summed E-state index contributed by atoms with van der Waals surface area (Å²) in [5.41, 5.74) is 1.02. The SMILES string of the molecule is CCCN(CCN(C)C)Cc1nc(C)cc(NCC)n1. The fourth-order valence-electron chi connectivity index (χ4n) is 2.10. The molecule has 0 aliphatic rings. The van der Waals surface area contributed by atoms with E-state index < -0.39 is 0 Å². The smallest absolute Gasteiger partial charge is 0.144 e. The summed E-state index contributed by atoms with van der Waals surface area (Å²) in [6, 6.07) is 2.00. The van der Waals surface area contributed by atoms with E-state index >= 15 is 0 Å². The number of nitrogens with zero attached hydrogens (tertiary/aromatic N) is 4. The Balaban J connectivity index is 2.71. The molecule has 0 aliphatic heterocycles. The largest absolute Gasteiger partial charge is 0.370 e. The Hall–Kier alpha value is -1.20. The molecule has 1 rings (SSSR count). The highest BCUT2D eigenvalue weighted by atomic mass is 15.2. The maximum Gasteiger partial charge on any atom is 0.144 e. The number of hydrogen-bond acceptors (Lipinski definition) is 5. The average Bonchev–Trinajstić information content (AvgIpc) is 2.36. The first-order valence-corrected chi connectivity index (χ1v) is 7.50. The van der Waals surface area contributed by atoms with E-state index in [9.17, 15) is 0 Å². The zero-order valence-electron chi connectivity index (χ0n) is 13.6. The van der Waals surface area contributed by atoms with E-state index in [1.807, 2.05) is 13.0 Å². The topological polar surface area (TPSA) is 44.3 Å². The second-order valence-corrected chi connectivity index (χ2v) is 5.42. The third kappa shape index (κ3) is 6.30. The van der Waals surface area contributed by atoms with Crippen molar-refractivity contribution in [2.45, 2.75) is 33.7 Å². The maximum atomic E-state index is 4.59. The first-order valence-electron chi connectivity index (χ1n) is 7.50. The minimum atomic E-state index is 0.821. The third-order valence-electron chi connectivity index (χ3n) is 3.03.